The maximum Gasteiger partial charge on any atom is 0.215 e. The number of benzene rings is 1. The van der Waals surface area contributed by atoms with Crippen LogP contribution in [0, 0.1) is 0 Å². The second-order valence-electron chi connectivity index (χ2n) is 3.92. The summed E-state index contributed by atoms with van der Waals surface area (Å²) in [6.45, 7) is -0.966. The lowest BCUT2D eigenvalue weighted by Gasteiger charge is -2.14. The monoisotopic (exact) mass is 290 g/mol. The number of anilines is 1. The molecule has 0 aliphatic heterocycles. The first-order chi connectivity index (χ1) is 8.96. The highest BCUT2D eigenvalue weighted by Crippen LogP contribution is 2.12. The van der Waals surface area contributed by atoms with E-state index in [-0.39, 0.29) is 12.4 Å². The van der Waals surface area contributed by atoms with Gasteiger partial charge in [0.05, 0.1) is 25.0 Å². The van der Waals surface area contributed by atoms with E-state index in [2.05, 4.69) is 4.72 Å². The van der Waals surface area contributed by atoms with Crippen LogP contribution in [0.3, 0.4) is 0 Å². The Morgan fingerprint density at radius 1 is 1.21 bits per heavy atom. The predicted molar refractivity (Wildman–Crippen MR) is 71.2 cm³/mol. The van der Waals surface area contributed by atoms with E-state index in [1.165, 1.54) is 0 Å². The Balaban J connectivity index is 2.41. The fourth-order valence-electron chi connectivity index (χ4n) is 1.28. The van der Waals surface area contributed by atoms with E-state index in [0.29, 0.717) is 11.4 Å². The largest absolute Gasteiger partial charge is 0.492 e. The molecule has 0 bridgehead atoms. The van der Waals surface area contributed by atoms with Gasteiger partial charge in [0.15, 0.2) is 0 Å². The predicted octanol–water partition coefficient (Wildman–Crippen LogP) is -1.08. The molecule has 0 saturated carbocycles. The molecule has 0 aliphatic rings. The van der Waals surface area contributed by atoms with Crippen molar-refractivity contribution in [1.82, 2.24) is 4.72 Å². The lowest BCUT2D eigenvalue weighted by Crippen LogP contribution is -2.42. The van der Waals surface area contributed by atoms with Crippen molar-refractivity contribution in [2.75, 3.05) is 31.3 Å². The van der Waals surface area contributed by atoms with Crippen molar-refractivity contribution in [3.63, 3.8) is 0 Å². The van der Waals surface area contributed by atoms with E-state index in [1.807, 2.05) is 0 Å². The van der Waals surface area contributed by atoms with Crippen LogP contribution in [0.1, 0.15) is 0 Å². The average Bonchev–Trinajstić information content (AvgIpc) is 2.38. The molecule has 5 N–H and O–H groups in total. The smallest absolute Gasteiger partial charge is 0.215 e. The fraction of sp³-hybridized carbons (Fsp3) is 0.455. The van der Waals surface area contributed by atoms with E-state index in [0.717, 1.165) is 0 Å². The Labute approximate surface area is 112 Å². The van der Waals surface area contributed by atoms with Gasteiger partial charge in [0, 0.05) is 5.69 Å². The minimum absolute atomic E-state index is 0.0389. The van der Waals surface area contributed by atoms with Gasteiger partial charge < -0.3 is 20.7 Å². The molecule has 1 rings (SSSR count). The molecule has 0 atom stereocenters. The molecular formula is C11H18N2O5S. The molecule has 0 aromatic heterocycles. The summed E-state index contributed by atoms with van der Waals surface area (Å²) in [6, 6.07) is 5.69. The topological polar surface area (TPSA) is 122 Å². The van der Waals surface area contributed by atoms with Crippen LogP contribution < -0.4 is 15.2 Å². The van der Waals surface area contributed by atoms with Gasteiger partial charge in [0.1, 0.15) is 12.4 Å². The van der Waals surface area contributed by atoms with Crippen LogP contribution in [-0.2, 0) is 10.0 Å². The Morgan fingerprint density at radius 3 is 2.32 bits per heavy atom. The number of aliphatic hydroxyl groups is 2. The lowest BCUT2D eigenvalue weighted by atomic mass is 10.3. The van der Waals surface area contributed by atoms with Gasteiger partial charge in [0.25, 0.3) is 0 Å². The van der Waals surface area contributed by atoms with Gasteiger partial charge in [-0.15, -0.1) is 0 Å². The molecule has 108 valence electrons. The van der Waals surface area contributed by atoms with Gasteiger partial charge >= 0.3 is 0 Å². The zero-order valence-electron chi connectivity index (χ0n) is 10.3. The van der Waals surface area contributed by atoms with Gasteiger partial charge in [-0.05, 0) is 24.3 Å². The van der Waals surface area contributed by atoms with Crippen LogP contribution >= 0.6 is 0 Å². The van der Waals surface area contributed by atoms with Crippen molar-refractivity contribution >= 4 is 15.7 Å². The minimum Gasteiger partial charge on any atom is -0.492 e. The van der Waals surface area contributed by atoms with Crippen LogP contribution in [-0.4, -0.2) is 50.2 Å². The summed E-state index contributed by atoms with van der Waals surface area (Å²) in [5.74, 6) is 0.249. The summed E-state index contributed by atoms with van der Waals surface area (Å²) in [5, 5.41) is 17.6. The molecule has 0 spiro atoms. The van der Waals surface area contributed by atoms with E-state index in [4.69, 9.17) is 20.7 Å². The average molecular weight is 290 g/mol. The number of nitrogens with one attached hydrogen (secondary N) is 1. The Kier molecular flexibility index (Phi) is 6.03. The van der Waals surface area contributed by atoms with Crippen LogP contribution in [0.4, 0.5) is 5.69 Å². The van der Waals surface area contributed by atoms with Crippen molar-refractivity contribution in [2.45, 2.75) is 6.04 Å². The van der Waals surface area contributed by atoms with E-state index in [1.54, 1.807) is 24.3 Å². The highest BCUT2D eigenvalue weighted by Gasteiger charge is 2.16. The number of nitrogen functional groups attached to an aromatic ring is 1. The molecule has 1 aromatic carbocycles. The maximum atomic E-state index is 11.6. The SMILES string of the molecule is Nc1ccc(OCCS(=O)(=O)NC(CO)CO)cc1. The van der Waals surface area contributed by atoms with E-state index >= 15 is 0 Å². The molecule has 1 aromatic rings. The van der Waals surface area contributed by atoms with Gasteiger partial charge in [-0.2, -0.15) is 0 Å². The normalized spacial score (nSPS) is 11.7. The Hall–Kier alpha value is -1.35. The van der Waals surface area contributed by atoms with Crippen molar-refractivity contribution in [2.24, 2.45) is 0 Å². The molecule has 0 radical (unpaired) electrons. The fourth-order valence-corrected chi connectivity index (χ4v) is 2.36. The van der Waals surface area contributed by atoms with Crippen molar-refractivity contribution in [3.8, 4) is 5.75 Å². The van der Waals surface area contributed by atoms with Gasteiger partial charge in [-0.3, -0.25) is 0 Å². The molecule has 0 amide bonds. The standard InChI is InChI=1S/C11H18N2O5S/c12-9-1-3-11(4-2-9)18-5-6-19(16,17)13-10(7-14)8-15/h1-4,10,13-15H,5-8,12H2. The molecule has 7 nitrogen and oxygen atoms in total. The molecular weight excluding hydrogens is 272 g/mol. The first kappa shape index (κ1) is 15.7. The Bertz CT molecular complexity index is 470. The summed E-state index contributed by atoms with van der Waals surface area (Å²) < 4.78 is 30.5. The lowest BCUT2D eigenvalue weighted by molar-refractivity contribution is 0.184. The third kappa shape index (κ3) is 5.88. The van der Waals surface area contributed by atoms with Gasteiger partial charge in [0.2, 0.25) is 10.0 Å². The molecule has 0 aliphatic carbocycles. The van der Waals surface area contributed by atoms with Crippen LogP contribution in [0.25, 0.3) is 0 Å². The number of ether oxygens (including phenoxy) is 1. The third-order valence-corrected chi connectivity index (χ3v) is 3.68. The van der Waals surface area contributed by atoms with Gasteiger partial charge in [-0.1, -0.05) is 0 Å². The second-order valence-corrected chi connectivity index (χ2v) is 5.79. The maximum absolute atomic E-state index is 11.6. The number of rotatable bonds is 8. The molecule has 0 unspecified atom stereocenters. The van der Waals surface area contributed by atoms with Crippen LogP contribution in [0.5, 0.6) is 5.75 Å². The number of nitrogens with two attached hydrogens (primary N) is 1. The summed E-state index contributed by atoms with van der Waals surface area (Å²) in [6.07, 6.45) is 0. The number of sulfonamides is 1. The first-order valence-electron chi connectivity index (χ1n) is 5.67. The van der Waals surface area contributed by atoms with Gasteiger partial charge in [-0.25, -0.2) is 13.1 Å². The van der Waals surface area contributed by atoms with E-state index in [9.17, 15) is 8.42 Å². The molecule has 0 saturated heterocycles. The zero-order valence-corrected chi connectivity index (χ0v) is 11.1. The summed E-state index contributed by atoms with van der Waals surface area (Å²) in [4.78, 5) is 0. The zero-order chi connectivity index (χ0) is 14.3. The van der Waals surface area contributed by atoms with E-state index < -0.39 is 29.3 Å². The van der Waals surface area contributed by atoms with Crippen LogP contribution in [0.2, 0.25) is 0 Å². The number of hydrogen-bond acceptors (Lipinski definition) is 6. The third-order valence-electron chi connectivity index (χ3n) is 2.29. The van der Waals surface area contributed by atoms with Crippen molar-refractivity contribution in [1.29, 1.82) is 0 Å². The quantitative estimate of drug-likeness (QED) is 0.452. The highest BCUT2D eigenvalue weighted by atomic mass is 32.2. The molecule has 19 heavy (non-hydrogen) atoms. The summed E-state index contributed by atoms with van der Waals surface area (Å²) >= 11 is 0. The summed E-state index contributed by atoms with van der Waals surface area (Å²) in [7, 11) is -3.60. The number of aliphatic hydroxyl groups excluding tert-OH is 2. The van der Waals surface area contributed by atoms with Crippen molar-refractivity contribution in [3.05, 3.63) is 24.3 Å². The second kappa shape index (κ2) is 7.29. The minimum atomic E-state index is -3.60. The Morgan fingerprint density at radius 2 is 1.79 bits per heavy atom. The van der Waals surface area contributed by atoms with Crippen molar-refractivity contribution < 1.29 is 23.4 Å². The molecule has 8 heteroatoms. The highest BCUT2D eigenvalue weighted by molar-refractivity contribution is 7.89. The van der Waals surface area contributed by atoms with Crippen LogP contribution in [0.15, 0.2) is 24.3 Å². The summed E-state index contributed by atoms with van der Waals surface area (Å²) in [5.41, 5.74) is 6.09. The molecule has 0 heterocycles. The first-order valence-corrected chi connectivity index (χ1v) is 7.32. The number of hydrogen-bond donors (Lipinski definition) is 4. The molecule has 0 fully saturated rings.